The third-order valence-corrected chi connectivity index (χ3v) is 4.56. The van der Waals surface area contributed by atoms with Crippen LogP contribution in [0.3, 0.4) is 0 Å². The van der Waals surface area contributed by atoms with Crippen molar-refractivity contribution in [1.29, 1.82) is 0 Å². The summed E-state index contributed by atoms with van der Waals surface area (Å²) in [5.74, 6) is 6.10. The van der Waals surface area contributed by atoms with Crippen molar-refractivity contribution < 1.29 is 33.3 Å². The van der Waals surface area contributed by atoms with E-state index in [9.17, 15) is 14.4 Å². The van der Waals surface area contributed by atoms with Crippen molar-refractivity contribution in [2.24, 2.45) is 0 Å². The van der Waals surface area contributed by atoms with Crippen molar-refractivity contribution in [2.45, 2.75) is 0 Å². The van der Waals surface area contributed by atoms with Crippen LogP contribution in [0, 0.1) is 11.8 Å². The first-order valence-corrected chi connectivity index (χ1v) is 10.7. The predicted octanol–water partition coefficient (Wildman–Crippen LogP) is 4.51. The molecule has 3 aromatic carbocycles. The summed E-state index contributed by atoms with van der Waals surface area (Å²) >= 11 is 0. The van der Waals surface area contributed by atoms with Gasteiger partial charge in [-0.15, -0.1) is 0 Å². The fourth-order valence-corrected chi connectivity index (χ4v) is 2.67. The van der Waals surface area contributed by atoms with Crippen molar-refractivity contribution in [1.82, 2.24) is 0 Å². The van der Waals surface area contributed by atoms with Crippen molar-refractivity contribution in [2.75, 3.05) is 13.4 Å². The Morgan fingerprint density at radius 1 is 0.694 bits per heavy atom. The highest BCUT2D eigenvalue weighted by atomic mass is 16.7. The van der Waals surface area contributed by atoms with E-state index in [1.165, 1.54) is 6.08 Å². The van der Waals surface area contributed by atoms with Gasteiger partial charge in [0.1, 0.15) is 17.2 Å². The molecule has 7 nitrogen and oxygen atoms in total. The summed E-state index contributed by atoms with van der Waals surface area (Å²) in [5, 5.41) is 0. The number of rotatable bonds is 10. The monoisotopic (exact) mass is 482 g/mol. The van der Waals surface area contributed by atoms with Gasteiger partial charge in [0.15, 0.2) is 12.4 Å². The molecule has 0 atom stereocenters. The molecular formula is C29H22O7. The highest BCUT2D eigenvalue weighted by Gasteiger charge is 2.09. The van der Waals surface area contributed by atoms with Gasteiger partial charge in [0.05, 0.1) is 5.56 Å². The number of benzene rings is 3. The molecule has 0 saturated carbocycles. The van der Waals surface area contributed by atoms with Crippen molar-refractivity contribution in [3.05, 3.63) is 115 Å². The molecule has 0 saturated heterocycles. The normalized spacial score (nSPS) is 9.67. The number of hydrogen-bond acceptors (Lipinski definition) is 7. The Hall–Kier alpha value is -5.09. The SMILES string of the molecule is C=CC(=O)COc1ccc(C#Cc2ccc(C(=O)Oc3ccc(OCOC(=O)C=C)cc3)cc2)cc1. The number of esters is 2. The molecule has 180 valence electrons. The van der Waals surface area contributed by atoms with Crippen LogP contribution in [0.1, 0.15) is 21.5 Å². The maximum absolute atomic E-state index is 12.4. The molecular weight excluding hydrogens is 460 g/mol. The molecule has 0 fully saturated rings. The molecule has 0 aliphatic carbocycles. The maximum Gasteiger partial charge on any atom is 0.343 e. The van der Waals surface area contributed by atoms with E-state index in [1.807, 2.05) is 0 Å². The van der Waals surface area contributed by atoms with E-state index < -0.39 is 11.9 Å². The first-order valence-electron chi connectivity index (χ1n) is 10.7. The Labute approximate surface area is 208 Å². The summed E-state index contributed by atoms with van der Waals surface area (Å²) in [4.78, 5) is 34.6. The average Bonchev–Trinajstić information content (AvgIpc) is 2.92. The van der Waals surface area contributed by atoms with Crippen LogP contribution in [0.5, 0.6) is 17.2 Å². The zero-order chi connectivity index (χ0) is 25.8. The minimum Gasteiger partial charge on any atom is -0.485 e. The van der Waals surface area contributed by atoms with Gasteiger partial charge in [-0.2, -0.15) is 0 Å². The van der Waals surface area contributed by atoms with Crippen LogP contribution in [-0.2, 0) is 14.3 Å². The second-order valence-electron chi connectivity index (χ2n) is 7.10. The molecule has 3 rings (SSSR count). The fraction of sp³-hybridized carbons (Fsp3) is 0.0690. The molecule has 7 heteroatoms. The first kappa shape index (κ1) is 25.5. The molecule has 0 spiro atoms. The van der Waals surface area contributed by atoms with Crippen molar-refractivity contribution in [3.8, 4) is 29.1 Å². The van der Waals surface area contributed by atoms with Gasteiger partial charge < -0.3 is 18.9 Å². The average molecular weight is 482 g/mol. The van der Waals surface area contributed by atoms with Crippen LogP contribution in [0.2, 0.25) is 0 Å². The second kappa shape index (κ2) is 13.0. The number of carbonyl (C=O) groups is 3. The molecule has 0 aliphatic heterocycles. The summed E-state index contributed by atoms with van der Waals surface area (Å²) < 4.78 is 20.7. The molecule has 0 N–H and O–H groups in total. The molecule has 0 amide bonds. The van der Waals surface area contributed by atoms with Gasteiger partial charge >= 0.3 is 11.9 Å². The maximum atomic E-state index is 12.4. The minimum absolute atomic E-state index is 0.0575. The van der Waals surface area contributed by atoms with Crippen molar-refractivity contribution in [3.63, 3.8) is 0 Å². The Kier molecular flexibility index (Phi) is 9.20. The number of ketones is 1. The molecule has 0 heterocycles. The third kappa shape index (κ3) is 8.04. The van der Waals surface area contributed by atoms with Crippen LogP contribution in [-0.4, -0.2) is 31.1 Å². The van der Waals surface area contributed by atoms with Crippen LogP contribution >= 0.6 is 0 Å². The van der Waals surface area contributed by atoms with Gasteiger partial charge in [0, 0.05) is 17.2 Å². The Bertz CT molecular complexity index is 1290. The summed E-state index contributed by atoms with van der Waals surface area (Å²) in [7, 11) is 0. The quantitative estimate of drug-likeness (QED) is 0.138. The van der Waals surface area contributed by atoms with E-state index in [0.717, 1.165) is 17.2 Å². The summed E-state index contributed by atoms with van der Waals surface area (Å²) in [6.45, 7) is 6.38. The van der Waals surface area contributed by atoms with E-state index in [-0.39, 0.29) is 19.2 Å². The van der Waals surface area contributed by atoms with Crippen molar-refractivity contribution >= 4 is 17.7 Å². The molecule has 0 unspecified atom stereocenters. The van der Waals surface area contributed by atoms with Gasteiger partial charge in [-0.1, -0.05) is 25.0 Å². The smallest absolute Gasteiger partial charge is 0.343 e. The predicted molar refractivity (Wildman–Crippen MR) is 133 cm³/mol. The van der Waals surface area contributed by atoms with Gasteiger partial charge in [0.25, 0.3) is 0 Å². The second-order valence-corrected chi connectivity index (χ2v) is 7.10. The molecule has 0 aromatic heterocycles. The Balaban J connectivity index is 1.52. The Morgan fingerprint density at radius 2 is 1.22 bits per heavy atom. The largest absolute Gasteiger partial charge is 0.485 e. The lowest BCUT2D eigenvalue weighted by atomic mass is 10.1. The van der Waals surface area contributed by atoms with Crippen LogP contribution < -0.4 is 14.2 Å². The first-order chi connectivity index (χ1) is 17.5. The molecule has 0 aliphatic rings. The van der Waals surface area contributed by atoms with Gasteiger partial charge in [0.2, 0.25) is 6.79 Å². The Morgan fingerprint density at radius 3 is 1.81 bits per heavy atom. The molecule has 36 heavy (non-hydrogen) atoms. The van der Waals surface area contributed by atoms with Crippen LogP contribution in [0.25, 0.3) is 0 Å². The topological polar surface area (TPSA) is 88.1 Å². The zero-order valence-electron chi connectivity index (χ0n) is 19.3. The van der Waals surface area contributed by atoms with E-state index >= 15 is 0 Å². The van der Waals surface area contributed by atoms with Gasteiger partial charge in [-0.3, -0.25) is 4.79 Å². The highest BCUT2D eigenvalue weighted by molar-refractivity contribution is 5.91. The highest BCUT2D eigenvalue weighted by Crippen LogP contribution is 2.19. The molecule has 0 radical (unpaired) electrons. The molecule has 0 bridgehead atoms. The van der Waals surface area contributed by atoms with Gasteiger partial charge in [-0.05, 0) is 78.9 Å². The summed E-state index contributed by atoms with van der Waals surface area (Å²) in [5.41, 5.74) is 1.86. The zero-order valence-corrected chi connectivity index (χ0v) is 19.3. The lowest BCUT2D eigenvalue weighted by Gasteiger charge is -2.08. The minimum atomic E-state index is -0.587. The lowest BCUT2D eigenvalue weighted by molar-refractivity contribution is -0.144. The molecule has 3 aromatic rings. The number of carbonyl (C=O) groups excluding carboxylic acids is 3. The number of hydrogen-bond donors (Lipinski definition) is 0. The van der Waals surface area contributed by atoms with E-state index in [4.69, 9.17) is 18.9 Å². The van der Waals surface area contributed by atoms with E-state index in [2.05, 4.69) is 25.0 Å². The summed E-state index contributed by atoms with van der Waals surface area (Å²) in [6, 6.07) is 20.1. The van der Waals surface area contributed by atoms with Gasteiger partial charge in [-0.25, -0.2) is 9.59 Å². The lowest BCUT2D eigenvalue weighted by Crippen LogP contribution is -2.09. The van der Waals surface area contributed by atoms with Crippen LogP contribution in [0.4, 0.5) is 0 Å². The summed E-state index contributed by atoms with van der Waals surface area (Å²) in [6.07, 6.45) is 2.25. The van der Waals surface area contributed by atoms with Crippen LogP contribution in [0.15, 0.2) is 98.1 Å². The van der Waals surface area contributed by atoms with E-state index in [0.29, 0.717) is 22.8 Å². The van der Waals surface area contributed by atoms with E-state index in [1.54, 1.807) is 72.8 Å². The number of ether oxygens (including phenoxy) is 4. The fourth-order valence-electron chi connectivity index (χ4n) is 2.67. The standard InChI is InChI=1S/C29H22O7/c1-3-24(30)19-33-25-13-9-22(10-14-25)6-5-21-7-11-23(12-8-21)29(32)36-27-17-15-26(16-18-27)34-20-35-28(31)4-2/h3-4,7-18H,1-2,19-20H2. The third-order valence-electron chi connectivity index (χ3n) is 4.56.